The zero-order valence-corrected chi connectivity index (χ0v) is 18.1. The number of aromatic nitrogens is 4. The molecule has 30 heavy (non-hydrogen) atoms. The molecule has 0 atom stereocenters. The molecule has 1 saturated carbocycles. The van der Waals surface area contributed by atoms with Crippen LogP contribution in [0.5, 0.6) is 0 Å². The molecule has 1 fully saturated rings. The van der Waals surface area contributed by atoms with Gasteiger partial charge in [0.25, 0.3) is 11.5 Å². The first-order chi connectivity index (χ1) is 14.6. The lowest BCUT2D eigenvalue weighted by molar-refractivity contribution is 0.102. The fourth-order valence-corrected chi connectivity index (χ4v) is 5.92. The molecule has 0 radical (unpaired) electrons. The number of aryl methyl sites for hydroxylation is 2. The third-order valence-electron chi connectivity index (χ3n) is 6.45. The van der Waals surface area contributed by atoms with Crippen molar-refractivity contribution in [1.29, 1.82) is 0 Å². The van der Waals surface area contributed by atoms with Crippen LogP contribution in [0, 0.1) is 6.92 Å². The molecule has 1 aliphatic heterocycles. The molecule has 1 N–H and O–H groups in total. The number of rotatable bonds is 3. The van der Waals surface area contributed by atoms with E-state index in [2.05, 4.69) is 10.4 Å². The zero-order valence-electron chi connectivity index (χ0n) is 17.3. The second-order valence-electron chi connectivity index (χ2n) is 8.44. The Morgan fingerprint density at radius 2 is 1.97 bits per heavy atom. The summed E-state index contributed by atoms with van der Waals surface area (Å²) in [5.74, 6) is 1.39. The van der Waals surface area contributed by atoms with E-state index in [1.807, 2.05) is 22.2 Å². The molecule has 7 nitrogen and oxygen atoms in total. The van der Waals surface area contributed by atoms with Crippen LogP contribution in [-0.4, -0.2) is 25.2 Å². The van der Waals surface area contributed by atoms with Gasteiger partial charge < -0.3 is 5.32 Å². The molecule has 0 aromatic carbocycles. The smallest absolute Gasteiger partial charge is 0.267 e. The lowest BCUT2D eigenvalue weighted by atomic mass is 9.96. The van der Waals surface area contributed by atoms with Gasteiger partial charge in [0, 0.05) is 19.0 Å². The Kier molecular flexibility index (Phi) is 5.18. The predicted molar refractivity (Wildman–Crippen MR) is 118 cm³/mol. The highest BCUT2D eigenvalue weighted by molar-refractivity contribution is 7.20. The van der Waals surface area contributed by atoms with E-state index in [9.17, 15) is 9.59 Å². The molecular formula is C22H27N5O2S. The van der Waals surface area contributed by atoms with E-state index in [0.717, 1.165) is 55.7 Å². The van der Waals surface area contributed by atoms with Crippen LogP contribution in [0.1, 0.15) is 78.5 Å². The fraction of sp³-hybridized carbons (Fsp3) is 0.545. The molecule has 4 heterocycles. The molecule has 1 aliphatic carbocycles. The van der Waals surface area contributed by atoms with Gasteiger partial charge in [0.1, 0.15) is 16.5 Å². The number of carbonyl (C=O) groups excluding carboxylic acids is 1. The van der Waals surface area contributed by atoms with Crippen LogP contribution in [0.15, 0.2) is 17.1 Å². The Labute approximate surface area is 179 Å². The number of nitrogens with one attached hydrogen (secondary N) is 1. The standard InChI is InChI=1S/C22H27N5O2S/c1-14-18-21(25-16-10-6-3-7-13-26(16)22(18)29)30-19(14)20(28)24-17-11-12-23-27(17)15-8-4-2-5-9-15/h11-12,15H,2-10,13H2,1H3,(H,24,28). The predicted octanol–water partition coefficient (Wildman–Crippen LogP) is 4.45. The van der Waals surface area contributed by atoms with Gasteiger partial charge in [0.15, 0.2) is 0 Å². The molecule has 5 rings (SSSR count). The SMILES string of the molecule is Cc1c(C(=O)Nc2ccnn2C2CCCCC2)sc2nc3n(c(=O)c12)CCCCC3. The summed E-state index contributed by atoms with van der Waals surface area (Å²) >= 11 is 1.32. The van der Waals surface area contributed by atoms with Crippen molar-refractivity contribution >= 4 is 33.3 Å². The number of amides is 1. The molecule has 158 valence electrons. The molecule has 3 aromatic heterocycles. The summed E-state index contributed by atoms with van der Waals surface area (Å²) in [4.78, 5) is 32.3. The van der Waals surface area contributed by atoms with Crippen molar-refractivity contribution in [2.24, 2.45) is 0 Å². The van der Waals surface area contributed by atoms with E-state index in [1.54, 1.807) is 6.20 Å². The van der Waals surface area contributed by atoms with Crippen molar-refractivity contribution in [3.63, 3.8) is 0 Å². The summed E-state index contributed by atoms with van der Waals surface area (Å²) in [5.41, 5.74) is 0.727. The summed E-state index contributed by atoms with van der Waals surface area (Å²) in [6.07, 6.45) is 11.6. The Morgan fingerprint density at radius 1 is 1.17 bits per heavy atom. The van der Waals surface area contributed by atoms with E-state index in [-0.39, 0.29) is 11.5 Å². The summed E-state index contributed by atoms with van der Waals surface area (Å²) in [5, 5.41) is 8.10. The Bertz CT molecular complexity index is 1150. The van der Waals surface area contributed by atoms with Gasteiger partial charge in [0.05, 0.1) is 22.5 Å². The van der Waals surface area contributed by atoms with E-state index in [1.165, 1.54) is 30.6 Å². The third-order valence-corrected chi connectivity index (χ3v) is 7.63. The van der Waals surface area contributed by atoms with Crippen LogP contribution < -0.4 is 10.9 Å². The minimum absolute atomic E-state index is 0.00283. The molecule has 0 bridgehead atoms. The largest absolute Gasteiger partial charge is 0.306 e. The first-order valence-electron chi connectivity index (χ1n) is 11.0. The number of hydrogen-bond acceptors (Lipinski definition) is 5. The number of hydrogen-bond donors (Lipinski definition) is 1. The van der Waals surface area contributed by atoms with E-state index >= 15 is 0 Å². The van der Waals surface area contributed by atoms with Gasteiger partial charge in [-0.25, -0.2) is 9.67 Å². The second kappa shape index (κ2) is 7.98. The van der Waals surface area contributed by atoms with Crippen LogP contribution >= 0.6 is 11.3 Å². The maximum Gasteiger partial charge on any atom is 0.267 e. The van der Waals surface area contributed by atoms with Crippen LogP contribution in [-0.2, 0) is 13.0 Å². The highest BCUT2D eigenvalue weighted by atomic mass is 32.1. The number of fused-ring (bicyclic) bond motifs is 2. The maximum absolute atomic E-state index is 13.1. The van der Waals surface area contributed by atoms with Gasteiger partial charge in [-0.15, -0.1) is 11.3 Å². The highest BCUT2D eigenvalue weighted by Crippen LogP contribution is 2.32. The molecule has 1 amide bonds. The van der Waals surface area contributed by atoms with E-state index in [4.69, 9.17) is 4.98 Å². The number of nitrogens with zero attached hydrogens (tertiary/aromatic N) is 4. The molecule has 2 aliphatic rings. The summed E-state index contributed by atoms with van der Waals surface area (Å²) in [6.45, 7) is 2.58. The third kappa shape index (κ3) is 3.37. The monoisotopic (exact) mass is 425 g/mol. The maximum atomic E-state index is 13.1. The lowest BCUT2D eigenvalue weighted by Gasteiger charge is -2.23. The van der Waals surface area contributed by atoms with Gasteiger partial charge in [-0.2, -0.15) is 5.10 Å². The molecule has 3 aromatic rings. The van der Waals surface area contributed by atoms with Crippen molar-refractivity contribution in [3.05, 3.63) is 38.9 Å². The number of anilines is 1. The van der Waals surface area contributed by atoms with Crippen molar-refractivity contribution in [2.75, 3.05) is 5.32 Å². The van der Waals surface area contributed by atoms with Gasteiger partial charge in [0.2, 0.25) is 0 Å². The van der Waals surface area contributed by atoms with Crippen molar-refractivity contribution < 1.29 is 4.79 Å². The minimum atomic E-state index is -0.187. The average Bonchev–Trinajstić information content (AvgIpc) is 3.25. The van der Waals surface area contributed by atoms with Crippen molar-refractivity contribution in [1.82, 2.24) is 19.3 Å². The Balaban J connectivity index is 1.48. The number of carbonyl (C=O) groups is 1. The first kappa shape index (κ1) is 19.5. The molecule has 0 unspecified atom stereocenters. The molecule has 0 saturated heterocycles. The van der Waals surface area contributed by atoms with Crippen LogP contribution in [0.25, 0.3) is 10.2 Å². The van der Waals surface area contributed by atoms with Gasteiger partial charge >= 0.3 is 0 Å². The summed E-state index contributed by atoms with van der Waals surface area (Å²) < 4.78 is 3.77. The van der Waals surface area contributed by atoms with Gasteiger partial charge in [-0.05, 0) is 38.2 Å². The fourth-order valence-electron chi connectivity index (χ4n) is 4.83. The van der Waals surface area contributed by atoms with E-state index in [0.29, 0.717) is 27.7 Å². The van der Waals surface area contributed by atoms with Crippen LogP contribution in [0.2, 0.25) is 0 Å². The Hall–Kier alpha value is -2.48. The normalized spacial score (nSPS) is 17.6. The quantitative estimate of drug-likeness (QED) is 0.672. The zero-order chi connectivity index (χ0) is 20.7. The highest BCUT2D eigenvalue weighted by Gasteiger charge is 2.24. The lowest BCUT2D eigenvalue weighted by Crippen LogP contribution is -2.24. The summed E-state index contributed by atoms with van der Waals surface area (Å²) in [7, 11) is 0. The first-order valence-corrected chi connectivity index (χ1v) is 11.8. The molecule has 0 spiro atoms. The van der Waals surface area contributed by atoms with Crippen LogP contribution in [0.4, 0.5) is 5.82 Å². The van der Waals surface area contributed by atoms with Crippen LogP contribution in [0.3, 0.4) is 0 Å². The minimum Gasteiger partial charge on any atom is -0.306 e. The second-order valence-corrected chi connectivity index (χ2v) is 9.44. The average molecular weight is 426 g/mol. The van der Waals surface area contributed by atoms with Gasteiger partial charge in [-0.1, -0.05) is 25.7 Å². The van der Waals surface area contributed by atoms with Crippen molar-refractivity contribution in [2.45, 2.75) is 77.3 Å². The van der Waals surface area contributed by atoms with E-state index < -0.39 is 0 Å². The topological polar surface area (TPSA) is 81.8 Å². The summed E-state index contributed by atoms with van der Waals surface area (Å²) in [6, 6.07) is 2.19. The Morgan fingerprint density at radius 3 is 2.80 bits per heavy atom. The molecular weight excluding hydrogens is 398 g/mol. The number of thiophene rings is 1. The van der Waals surface area contributed by atoms with Crippen molar-refractivity contribution in [3.8, 4) is 0 Å². The van der Waals surface area contributed by atoms with Gasteiger partial charge in [-0.3, -0.25) is 14.2 Å². The molecule has 8 heteroatoms.